The summed E-state index contributed by atoms with van der Waals surface area (Å²) < 4.78 is 15.4. The summed E-state index contributed by atoms with van der Waals surface area (Å²) in [6, 6.07) is 30.4. The Bertz CT molecular complexity index is 1680. The molecule has 1 aliphatic rings. The fraction of sp³-hybridized carbons (Fsp3) is 0. The first-order chi connectivity index (χ1) is 16.8. The van der Waals surface area contributed by atoms with Crippen LogP contribution in [0.3, 0.4) is 0 Å². The maximum Gasteiger partial charge on any atom is 0.172 e. The number of hydrogen-bond donors (Lipinski definition) is 0. The van der Waals surface area contributed by atoms with Crippen LogP contribution in [0.4, 0.5) is 0 Å². The first-order valence-corrected chi connectivity index (χ1v) is 13.0. The van der Waals surface area contributed by atoms with E-state index in [-0.39, 0.29) is 0 Å². The highest BCUT2D eigenvalue weighted by molar-refractivity contribution is 7.85. The summed E-state index contributed by atoms with van der Waals surface area (Å²) in [5.74, 6) is 0. The Morgan fingerprint density at radius 2 is 0.971 bits per heavy atom. The van der Waals surface area contributed by atoms with Gasteiger partial charge in [-0.1, -0.05) is 78.9 Å². The average Bonchev–Trinajstić information content (AvgIpc) is 3.02. The number of rotatable bonds is 1. The van der Waals surface area contributed by atoms with Crippen molar-refractivity contribution in [1.82, 2.24) is 9.97 Å². The van der Waals surface area contributed by atoms with E-state index >= 15 is 4.57 Å². The number of nitrogens with zero attached hydrogens (tertiary/aromatic N) is 2. The predicted molar refractivity (Wildman–Crippen MR) is 141 cm³/mol. The highest BCUT2D eigenvalue weighted by Crippen LogP contribution is 2.54. The molecule has 3 heterocycles. The summed E-state index contributed by atoms with van der Waals surface area (Å²) >= 11 is 0. The van der Waals surface area contributed by atoms with E-state index in [9.17, 15) is 0 Å². The van der Waals surface area contributed by atoms with Crippen molar-refractivity contribution < 1.29 is 4.57 Å². The second-order valence-corrected chi connectivity index (χ2v) is 11.3. The van der Waals surface area contributed by atoms with Gasteiger partial charge in [0.25, 0.3) is 0 Å². The minimum Gasteiger partial charge on any atom is -0.309 e. The molecule has 0 spiro atoms. The lowest BCUT2D eigenvalue weighted by atomic mass is 9.86. The second-order valence-electron chi connectivity index (χ2n) is 8.57. The van der Waals surface area contributed by atoms with Crippen molar-refractivity contribution in [2.75, 3.05) is 0 Å². The number of pyridine rings is 2. The predicted octanol–water partition coefficient (Wildman–Crippen LogP) is 6.07. The van der Waals surface area contributed by atoms with Gasteiger partial charge in [-0.2, -0.15) is 0 Å². The zero-order chi connectivity index (χ0) is 22.7. The summed E-state index contributed by atoms with van der Waals surface area (Å²) in [5.41, 5.74) is 4.23. The molecule has 0 amide bonds. The Morgan fingerprint density at radius 3 is 1.50 bits per heavy atom. The van der Waals surface area contributed by atoms with Gasteiger partial charge in [0.2, 0.25) is 0 Å². The molecule has 1 aliphatic heterocycles. The van der Waals surface area contributed by atoms with Crippen molar-refractivity contribution in [2.45, 2.75) is 0 Å². The molecule has 0 radical (unpaired) electrons. The van der Waals surface area contributed by atoms with Crippen LogP contribution in [0.25, 0.3) is 43.8 Å². The Balaban J connectivity index is 1.80. The van der Waals surface area contributed by atoms with Crippen molar-refractivity contribution >= 4 is 44.6 Å². The van der Waals surface area contributed by atoms with Crippen molar-refractivity contribution in [3.8, 4) is 22.3 Å². The van der Waals surface area contributed by atoms with E-state index in [1.165, 1.54) is 0 Å². The molecule has 3 nitrogen and oxygen atoms in total. The van der Waals surface area contributed by atoms with Gasteiger partial charge in [0, 0.05) is 51.5 Å². The molecule has 0 saturated carbocycles. The third-order valence-corrected chi connectivity index (χ3v) is 10.0. The molecule has 4 aromatic carbocycles. The fourth-order valence-electron chi connectivity index (χ4n) is 5.45. The molecule has 0 saturated heterocycles. The van der Waals surface area contributed by atoms with Gasteiger partial charge in [-0.25, -0.2) is 0 Å². The van der Waals surface area contributed by atoms with Crippen LogP contribution in [-0.2, 0) is 4.57 Å². The van der Waals surface area contributed by atoms with Crippen LogP contribution < -0.4 is 15.9 Å². The minimum atomic E-state index is -3.16. The van der Waals surface area contributed by atoms with E-state index < -0.39 is 7.14 Å². The van der Waals surface area contributed by atoms with Crippen LogP contribution in [0.1, 0.15) is 0 Å². The van der Waals surface area contributed by atoms with Crippen LogP contribution in [0, 0.1) is 0 Å². The zero-order valence-electron chi connectivity index (χ0n) is 18.2. The van der Waals surface area contributed by atoms with Gasteiger partial charge in [0.05, 0.1) is 0 Å². The van der Waals surface area contributed by atoms with E-state index in [2.05, 4.69) is 34.2 Å². The van der Waals surface area contributed by atoms with E-state index in [1.54, 1.807) is 0 Å². The molecule has 160 valence electrons. The van der Waals surface area contributed by atoms with Gasteiger partial charge in [-0.3, -0.25) is 9.97 Å². The lowest BCUT2D eigenvalue weighted by Gasteiger charge is -2.22. The number of hydrogen-bond acceptors (Lipinski definition) is 3. The van der Waals surface area contributed by atoms with Gasteiger partial charge in [0.15, 0.2) is 7.14 Å². The molecule has 0 bridgehead atoms. The highest BCUT2D eigenvalue weighted by atomic mass is 31.2. The largest absolute Gasteiger partial charge is 0.309 e. The topological polar surface area (TPSA) is 42.9 Å². The van der Waals surface area contributed by atoms with Gasteiger partial charge in [0.1, 0.15) is 0 Å². The molecular weight excluding hydrogens is 435 g/mol. The Morgan fingerprint density at radius 1 is 0.500 bits per heavy atom. The van der Waals surface area contributed by atoms with Crippen molar-refractivity contribution in [2.24, 2.45) is 0 Å². The summed E-state index contributed by atoms with van der Waals surface area (Å²) in [6.07, 6.45) is 7.49. The normalized spacial score (nSPS) is 13.6. The van der Waals surface area contributed by atoms with Gasteiger partial charge in [-0.15, -0.1) is 0 Å². The van der Waals surface area contributed by atoms with Crippen molar-refractivity contribution in [3.63, 3.8) is 0 Å². The second kappa shape index (κ2) is 7.21. The molecule has 7 rings (SSSR count). The molecule has 6 aromatic rings. The minimum absolute atomic E-state index is 0.847. The Hall–Kier alpha value is -4.07. The lowest BCUT2D eigenvalue weighted by Crippen LogP contribution is -2.26. The van der Waals surface area contributed by atoms with Crippen LogP contribution in [0.2, 0.25) is 0 Å². The van der Waals surface area contributed by atoms with Crippen LogP contribution >= 0.6 is 7.14 Å². The number of benzene rings is 4. The summed E-state index contributed by atoms with van der Waals surface area (Å²) in [7, 11) is -3.16. The van der Waals surface area contributed by atoms with Gasteiger partial charge < -0.3 is 4.57 Å². The lowest BCUT2D eigenvalue weighted by molar-refractivity contribution is 0.592. The monoisotopic (exact) mass is 454 g/mol. The van der Waals surface area contributed by atoms with E-state index in [0.29, 0.717) is 0 Å². The molecule has 4 heteroatoms. The van der Waals surface area contributed by atoms with Crippen LogP contribution in [-0.4, -0.2) is 9.97 Å². The summed E-state index contributed by atoms with van der Waals surface area (Å²) in [6.45, 7) is 0. The number of fused-ring (bicyclic) bond motifs is 10. The van der Waals surface area contributed by atoms with E-state index in [1.807, 2.05) is 91.5 Å². The maximum atomic E-state index is 15.4. The third kappa shape index (κ3) is 2.50. The standard InChI is InChI=1S/C30H19N2OP/c33-34(20-8-2-1-3-9-20)27-12-6-4-10-23(27)29-21-14-16-31-18-25(21)26-19-32-17-15-22(26)30(29)24-11-5-7-13-28(24)34/h1-19H. The quantitative estimate of drug-likeness (QED) is 0.223. The molecule has 0 atom stereocenters. The smallest absolute Gasteiger partial charge is 0.172 e. The molecule has 0 fully saturated rings. The molecule has 0 unspecified atom stereocenters. The highest BCUT2D eigenvalue weighted by Gasteiger charge is 2.38. The van der Waals surface area contributed by atoms with Gasteiger partial charge >= 0.3 is 0 Å². The summed E-state index contributed by atoms with van der Waals surface area (Å²) in [4.78, 5) is 8.86. The average molecular weight is 454 g/mol. The Kier molecular flexibility index (Phi) is 4.12. The fourth-order valence-corrected chi connectivity index (χ4v) is 8.50. The number of aromatic nitrogens is 2. The third-order valence-electron chi connectivity index (χ3n) is 6.87. The van der Waals surface area contributed by atoms with E-state index in [4.69, 9.17) is 0 Å². The van der Waals surface area contributed by atoms with Crippen LogP contribution in [0.15, 0.2) is 116 Å². The van der Waals surface area contributed by atoms with Gasteiger partial charge in [-0.05, 0) is 45.2 Å². The SMILES string of the molecule is O=P1(c2ccccc2)c2ccccc2-c2c(c3ccncc3c3cnccc23)-c2ccccc21. The van der Waals surface area contributed by atoms with E-state index in [0.717, 1.165) is 59.7 Å². The molecule has 2 aromatic heterocycles. The first kappa shape index (κ1) is 19.4. The molecule has 0 N–H and O–H groups in total. The Labute approximate surface area is 197 Å². The van der Waals surface area contributed by atoms with Crippen molar-refractivity contribution in [1.29, 1.82) is 0 Å². The van der Waals surface area contributed by atoms with Crippen LogP contribution in [0.5, 0.6) is 0 Å². The maximum absolute atomic E-state index is 15.4. The molecule has 34 heavy (non-hydrogen) atoms. The zero-order valence-corrected chi connectivity index (χ0v) is 19.1. The molecular formula is C30H19N2OP. The van der Waals surface area contributed by atoms with Crippen molar-refractivity contribution in [3.05, 3.63) is 116 Å². The molecule has 0 aliphatic carbocycles. The first-order valence-electron chi connectivity index (χ1n) is 11.3. The summed E-state index contributed by atoms with van der Waals surface area (Å²) in [5, 5.41) is 6.88.